The summed E-state index contributed by atoms with van der Waals surface area (Å²) in [5.41, 5.74) is 2.92. The predicted octanol–water partition coefficient (Wildman–Crippen LogP) is 3.39. The van der Waals surface area contributed by atoms with Crippen molar-refractivity contribution >= 4 is 33.6 Å². The zero-order chi connectivity index (χ0) is 14.0. The summed E-state index contributed by atoms with van der Waals surface area (Å²) in [5, 5.41) is 7.00. The molecule has 0 fully saturated rings. The van der Waals surface area contributed by atoms with Gasteiger partial charge in [0.25, 0.3) is 5.91 Å². The molecule has 98 valence electrons. The Balaban J connectivity index is 2.25. The Labute approximate surface area is 120 Å². The maximum atomic E-state index is 12.1. The van der Waals surface area contributed by atoms with Crippen molar-refractivity contribution < 1.29 is 4.79 Å². The van der Waals surface area contributed by atoms with E-state index in [0.29, 0.717) is 5.69 Å². The van der Waals surface area contributed by atoms with Gasteiger partial charge in [-0.25, -0.2) is 0 Å². The van der Waals surface area contributed by atoms with Gasteiger partial charge in [0, 0.05) is 17.2 Å². The molecule has 1 N–H and O–H groups in total. The predicted molar refractivity (Wildman–Crippen MR) is 80.1 cm³/mol. The maximum Gasteiger partial charge on any atom is 0.276 e. The molecule has 0 radical (unpaired) electrons. The lowest BCUT2D eigenvalue weighted by Crippen LogP contribution is -2.13. The van der Waals surface area contributed by atoms with Crippen LogP contribution >= 0.6 is 15.9 Å². The summed E-state index contributed by atoms with van der Waals surface area (Å²) in [6.07, 6.45) is 1.66. The fourth-order valence-electron chi connectivity index (χ4n) is 1.71. The molecule has 0 unspecified atom stereocenters. The van der Waals surface area contributed by atoms with Crippen molar-refractivity contribution in [1.29, 1.82) is 0 Å². The van der Waals surface area contributed by atoms with Gasteiger partial charge < -0.3 is 5.32 Å². The van der Waals surface area contributed by atoms with Gasteiger partial charge in [-0.3, -0.25) is 9.48 Å². The normalized spacial score (nSPS) is 10.3. The molecule has 1 aromatic carbocycles. The van der Waals surface area contributed by atoms with Gasteiger partial charge in [0.15, 0.2) is 5.69 Å². The molecule has 0 bridgehead atoms. The summed E-state index contributed by atoms with van der Waals surface area (Å²) in [6, 6.07) is 7.37. The van der Waals surface area contributed by atoms with E-state index >= 15 is 0 Å². The van der Waals surface area contributed by atoms with Crippen LogP contribution in [0, 0.1) is 6.92 Å². The molecule has 0 spiro atoms. The van der Waals surface area contributed by atoms with E-state index in [2.05, 4.69) is 32.9 Å². The first-order valence-corrected chi connectivity index (χ1v) is 6.55. The third-order valence-electron chi connectivity index (χ3n) is 2.87. The van der Waals surface area contributed by atoms with E-state index in [1.54, 1.807) is 23.9 Å². The largest absolute Gasteiger partial charge is 0.320 e. The molecule has 19 heavy (non-hydrogen) atoms. The first kappa shape index (κ1) is 13.5. The van der Waals surface area contributed by atoms with E-state index in [-0.39, 0.29) is 5.91 Å². The smallest absolute Gasteiger partial charge is 0.276 e. The number of carbonyl (C=O) groups excluding carboxylic acids is 1. The number of anilines is 1. The van der Waals surface area contributed by atoms with Gasteiger partial charge in [0.2, 0.25) is 0 Å². The van der Waals surface area contributed by atoms with Crippen LogP contribution in [0.4, 0.5) is 5.69 Å². The minimum absolute atomic E-state index is 0.232. The van der Waals surface area contributed by atoms with Crippen molar-refractivity contribution in [1.82, 2.24) is 9.78 Å². The van der Waals surface area contributed by atoms with E-state index in [1.165, 1.54) is 0 Å². The van der Waals surface area contributed by atoms with Gasteiger partial charge in [-0.1, -0.05) is 28.6 Å². The first-order valence-electron chi connectivity index (χ1n) is 5.76. The van der Waals surface area contributed by atoms with Gasteiger partial charge in [0.05, 0.1) is 5.69 Å². The number of rotatable bonds is 3. The third kappa shape index (κ3) is 2.76. The average Bonchev–Trinajstić information content (AvgIpc) is 2.76. The lowest BCUT2D eigenvalue weighted by Gasteiger charge is -2.08. The highest BCUT2D eigenvalue weighted by Gasteiger charge is 2.13. The summed E-state index contributed by atoms with van der Waals surface area (Å²) < 4.78 is 2.58. The molecule has 0 saturated carbocycles. The number of carbonyl (C=O) groups is 1. The van der Waals surface area contributed by atoms with Crippen LogP contribution in [0.1, 0.15) is 21.7 Å². The lowest BCUT2D eigenvalue weighted by atomic mass is 10.2. The monoisotopic (exact) mass is 319 g/mol. The molecule has 1 aromatic heterocycles. The summed E-state index contributed by atoms with van der Waals surface area (Å²) in [7, 11) is 1.78. The number of hydrogen-bond acceptors (Lipinski definition) is 2. The lowest BCUT2D eigenvalue weighted by molar-refractivity contribution is 0.102. The Hall–Kier alpha value is -1.88. The quantitative estimate of drug-likeness (QED) is 0.942. The molecular formula is C14H14BrN3O. The van der Waals surface area contributed by atoms with Crippen LogP contribution in [-0.2, 0) is 7.05 Å². The zero-order valence-corrected chi connectivity index (χ0v) is 12.4. The molecule has 2 aromatic rings. The van der Waals surface area contributed by atoms with Crippen molar-refractivity contribution in [2.45, 2.75) is 6.92 Å². The Morgan fingerprint density at radius 3 is 2.89 bits per heavy atom. The molecule has 0 atom stereocenters. The van der Waals surface area contributed by atoms with Gasteiger partial charge in [-0.15, -0.1) is 0 Å². The number of amides is 1. The summed E-state index contributed by atoms with van der Waals surface area (Å²) in [5.74, 6) is -0.232. The number of benzene rings is 1. The zero-order valence-electron chi connectivity index (χ0n) is 10.8. The fraction of sp³-hybridized carbons (Fsp3) is 0.143. The second-order valence-electron chi connectivity index (χ2n) is 4.15. The number of aromatic nitrogens is 2. The molecule has 0 aliphatic rings. The summed E-state index contributed by atoms with van der Waals surface area (Å²) in [6.45, 7) is 5.61. The third-order valence-corrected chi connectivity index (χ3v) is 3.73. The van der Waals surface area contributed by atoms with Crippen LogP contribution in [-0.4, -0.2) is 15.7 Å². The van der Waals surface area contributed by atoms with Crippen LogP contribution in [0.15, 0.2) is 35.3 Å². The molecule has 4 nitrogen and oxygen atoms in total. The second kappa shape index (κ2) is 5.40. The van der Waals surface area contributed by atoms with E-state index in [4.69, 9.17) is 0 Å². The van der Waals surface area contributed by atoms with Gasteiger partial charge in [-0.2, -0.15) is 5.10 Å². The highest BCUT2D eigenvalue weighted by molar-refractivity contribution is 9.10. The van der Waals surface area contributed by atoms with Crippen molar-refractivity contribution in [3.05, 3.63) is 52.3 Å². The van der Waals surface area contributed by atoms with E-state index in [1.807, 2.05) is 25.1 Å². The standard InChI is InChI=1S/C14H14BrN3O/c1-4-10-8-13(17-18(10)3)14(19)16-12-7-5-6-11(15)9(12)2/h4-8H,1H2,2-3H3,(H,16,19). The van der Waals surface area contributed by atoms with Gasteiger partial charge >= 0.3 is 0 Å². The molecule has 5 heteroatoms. The Bertz CT molecular complexity index is 646. The highest BCUT2D eigenvalue weighted by atomic mass is 79.9. The minimum atomic E-state index is -0.232. The minimum Gasteiger partial charge on any atom is -0.320 e. The highest BCUT2D eigenvalue weighted by Crippen LogP contribution is 2.23. The van der Waals surface area contributed by atoms with Crippen LogP contribution in [0.3, 0.4) is 0 Å². The molecule has 0 saturated heterocycles. The fourth-order valence-corrected chi connectivity index (χ4v) is 2.08. The molecule has 1 heterocycles. The van der Waals surface area contributed by atoms with Crippen molar-refractivity contribution in [3.8, 4) is 0 Å². The second-order valence-corrected chi connectivity index (χ2v) is 5.00. The molecular weight excluding hydrogens is 306 g/mol. The molecule has 0 aliphatic heterocycles. The van der Waals surface area contributed by atoms with E-state index in [9.17, 15) is 4.79 Å². The van der Waals surface area contributed by atoms with Crippen molar-refractivity contribution in [3.63, 3.8) is 0 Å². The van der Waals surface area contributed by atoms with Crippen molar-refractivity contribution in [2.75, 3.05) is 5.32 Å². The molecule has 2 rings (SSSR count). The first-order chi connectivity index (χ1) is 9.02. The van der Waals surface area contributed by atoms with E-state index in [0.717, 1.165) is 21.4 Å². The number of halogens is 1. The average molecular weight is 320 g/mol. The van der Waals surface area contributed by atoms with Crippen LogP contribution in [0.25, 0.3) is 6.08 Å². The van der Waals surface area contributed by atoms with Gasteiger partial charge in [0.1, 0.15) is 0 Å². The van der Waals surface area contributed by atoms with Crippen LogP contribution in [0.5, 0.6) is 0 Å². The number of nitrogens with one attached hydrogen (secondary N) is 1. The number of nitrogens with zero attached hydrogens (tertiary/aromatic N) is 2. The topological polar surface area (TPSA) is 46.9 Å². The van der Waals surface area contributed by atoms with Crippen LogP contribution < -0.4 is 5.32 Å². The Morgan fingerprint density at radius 1 is 1.53 bits per heavy atom. The maximum absolute atomic E-state index is 12.1. The summed E-state index contributed by atoms with van der Waals surface area (Å²) >= 11 is 3.43. The Kier molecular flexibility index (Phi) is 3.85. The van der Waals surface area contributed by atoms with Crippen molar-refractivity contribution in [2.24, 2.45) is 7.05 Å². The summed E-state index contributed by atoms with van der Waals surface area (Å²) in [4.78, 5) is 12.1. The SMILES string of the molecule is C=Cc1cc(C(=O)Nc2cccc(Br)c2C)nn1C. The van der Waals surface area contributed by atoms with Crippen LogP contribution in [0.2, 0.25) is 0 Å². The Morgan fingerprint density at radius 2 is 2.26 bits per heavy atom. The van der Waals surface area contributed by atoms with Gasteiger partial charge in [-0.05, 0) is 36.8 Å². The van der Waals surface area contributed by atoms with E-state index < -0.39 is 0 Å². The molecule has 1 amide bonds. The number of aryl methyl sites for hydroxylation is 1. The molecule has 0 aliphatic carbocycles. The number of hydrogen-bond donors (Lipinski definition) is 1.